The van der Waals surface area contributed by atoms with Gasteiger partial charge >= 0.3 is 6.18 Å². The molecule has 6 nitrogen and oxygen atoms in total. The number of aromatic nitrogens is 4. The molecule has 0 fully saturated rings. The highest BCUT2D eigenvalue weighted by Crippen LogP contribution is 2.38. The lowest BCUT2D eigenvalue weighted by molar-refractivity contribution is -0.137. The third-order valence-corrected chi connectivity index (χ3v) is 6.12. The molecule has 34 heavy (non-hydrogen) atoms. The first-order valence-electron chi connectivity index (χ1n) is 10.6. The molecule has 0 aliphatic carbocycles. The minimum Gasteiger partial charge on any atom is -0.330 e. The Bertz CT molecular complexity index is 1430. The molecule has 0 saturated carbocycles. The van der Waals surface area contributed by atoms with E-state index >= 15 is 0 Å². The molecular weight excluding hydrogens is 450 g/mol. The summed E-state index contributed by atoms with van der Waals surface area (Å²) in [6, 6.07) is 7.16. The summed E-state index contributed by atoms with van der Waals surface area (Å²) in [5.74, 6) is -1.18. The highest BCUT2D eigenvalue weighted by molar-refractivity contribution is 5.97. The number of amides is 1. The Labute approximate surface area is 191 Å². The summed E-state index contributed by atoms with van der Waals surface area (Å²) >= 11 is 0. The fourth-order valence-electron chi connectivity index (χ4n) is 4.53. The van der Waals surface area contributed by atoms with Crippen molar-refractivity contribution >= 4 is 16.9 Å². The zero-order valence-electron chi connectivity index (χ0n) is 18.3. The van der Waals surface area contributed by atoms with Gasteiger partial charge in [0.05, 0.1) is 34.0 Å². The Morgan fingerprint density at radius 2 is 1.79 bits per heavy atom. The van der Waals surface area contributed by atoms with E-state index in [0.29, 0.717) is 52.6 Å². The summed E-state index contributed by atoms with van der Waals surface area (Å²) in [7, 11) is 1.60. The molecule has 0 N–H and O–H groups in total. The zero-order valence-corrected chi connectivity index (χ0v) is 18.3. The molecule has 4 aromatic rings. The summed E-state index contributed by atoms with van der Waals surface area (Å²) in [4.78, 5) is 23.4. The number of carbonyl (C=O) groups excluding carboxylic acids is 1. The number of alkyl halides is 3. The SMILES string of the molecule is CC1c2nn(C)c(-c3cc(F)cc(C(F)(F)F)c3)c2CCN1C(=O)c1ccc2nccnc2c1. The van der Waals surface area contributed by atoms with Crippen molar-refractivity contribution in [3.8, 4) is 11.3 Å². The van der Waals surface area contributed by atoms with Gasteiger partial charge in [0.25, 0.3) is 5.91 Å². The van der Waals surface area contributed by atoms with Crippen LogP contribution in [0.25, 0.3) is 22.3 Å². The molecule has 2 aromatic carbocycles. The van der Waals surface area contributed by atoms with Crippen LogP contribution < -0.4 is 0 Å². The molecular formula is C24H19F4N5O. The molecule has 1 unspecified atom stereocenters. The van der Waals surface area contributed by atoms with Gasteiger partial charge in [-0.3, -0.25) is 19.4 Å². The van der Waals surface area contributed by atoms with E-state index in [4.69, 9.17) is 0 Å². The summed E-state index contributed by atoms with van der Waals surface area (Å²) in [5, 5.41) is 4.50. The number of hydrogen-bond acceptors (Lipinski definition) is 4. The molecule has 0 radical (unpaired) electrons. The first-order chi connectivity index (χ1) is 16.1. The summed E-state index contributed by atoms with van der Waals surface area (Å²) in [5.41, 5.74) is 2.49. The van der Waals surface area contributed by atoms with E-state index < -0.39 is 23.6 Å². The minimum absolute atomic E-state index is 0.101. The fraction of sp³-hybridized carbons (Fsp3) is 0.250. The molecule has 1 aliphatic heterocycles. The number of halogens is 4. The van der Waals surface area contributed by atoms with Crippen LogP contribution in [-0.2, 0) is 19.6 Å². The van der Waals surface area contributed by atoms with Gasteiger partial charge in [0.2, 0.25) is 0 Å². The van der Waals surface area contributed by atoms with Crippen molar-refractivity contribution in [3.05, 3.63) is 77.0 Å². The van der Waals surface area contributed by atoms with Gasteiger partial charge in [-0.05, 0) is 49.7 Å². The van der Waals surface area contributed by atoms with Gasteiger partial charge in [0.1, 0.15) is 5.82 Å². The Morgan fingerprint density at radius 1 is 1.06 bits per heavy atom. The van der Waals surface area contributed by atoms with Crippen molar-refractivity contribution in [1.29, 1.82) is 0 Å². The van der Waals surface area contributed by atoms with Gasteiger partial charge in [-0.15, -0.1) is 0 Å². The van der Waals surface area contributed by atoms with E-state index in [1.807, 2.05) is 6.92 Å². The first-order valence-corrected chi connectivity index (χ1v) is 10.6. The molecule has 174 valence electrons. The average Bonchev–Trinajstić information content (AvgIpc) is 3.14. The summed E-state index contributed by atoms with van der Waals surface area (Å²) < 4.78 is 55.3. The predicted octanol–water partition coefficient (Wildman–Crippen LogP) is 4.95. The number of hydrogen-bond donors (Lipinski definition) is 0. The smallest absolute Gasteiger partial charge is 0.330 e. The van der Waals surface area contributed by atoms with Crippen LogP contribution in [0, 0.1) is 5.82 Å². The molecule has 3 heterocycles. The lowest BCUT2D eigenvalue weighted by atomic mass is 9.94. The van der Waals surface area contributed by atoms with Crippen molar-refractivity contribution < 1.29 is 22.4 Å². The fourth-order valence-corrected chi connectivity index (χ4v) is 4.53. The maximum atomic E-state index is 14.1. The van der Waals surface area contributed by atoms with Crippen molar-refractivity contribution in [2.75, 3.05) is 6.54 Å². The number of carbonyl (C=O) groups is 1. The van der Waals surface area contributed by atoms with Crippen LogP contribution in [0.3, 0.4) is 0 Å². The van der Waals surface area contributed by atoms with Crippen LogP contribution in [0.4, 0.5) is 17.6 Å². The highest BCUT2D eigenvalue weighted by Gasteiger charge is 2.35. The predicted molar refractivity (Wildman–Crippen MR) is 116 cm³/mol. The number of aryl methyl sites for hydroxylation is 1. The third kappa shape index (κ3) is 3.68. The van der Waals surface area contributed by atoms with E-state index in [2.05, 4.69) is 15.1 Å². The van der Waals surface area contributed by atoms with E-state index in [1.54, 1.807) is 42.5 Å². The summed E-state index contributed by atoms with van der Waals surface area (Å²) in [6.45, 7) is 2.16. The number of benzene rings is 2. The van der Waals surface area contributed by atoms with Crippen molar-refractivity contribution in [2.24, 2.45) is 7.05 Å². The van der Waals surface area contributed by atoms with Gasteiger partial charge < -0.3 is 4.90 Å². The average molecular weight is 469 g/mol. The minimum atomic E-state index is -4.67. The van der Waals surface area contributed by atoms with Crippen LogP contribution in [0.1, 0.15) is 40.1 Å². The Morgan fingerprint density at radius 3 is 2.53 bits per heavy atom. The van der Waals surface area contributed by atoms with Gasteiger partial charge in [-0.2, -0.15) is 18.3 Å². The van der Waals surface area contributed by atoms with E-state index in [9.17, 15) is 22.4 Å². The second-order valence-corrected chi connectivity index (χ2v) is 8.25. The maximum Gasteiger partial charge on any atom is 0.416 e. The first kappa shape index (κ1) is 22.0. The zero-order chi connectivity index (χ0) is 24.2. The topological polar surface area (TPSA) is 63.9 Å². The van der Waals surface area contributed by atoms with Gasteiger partial charge in [-0.25, -0.2) is 4.39 Å². The third-order valence-electron chi connectivity index (χ3n) is 6.12. The molecule has 5 rings (SSSR count). The lowest BCUT2D eigenvalue weighted by Gasteiger charge is -2.33. The van der Waals surface area contributed by atoms with E-state index in [1.165, 1.54) is 4.68 Å². The van der Waals surface area contributed by atoms with Crippen LogP contribution in [0.2, 0.25) is 0 Å². The van der Waals surface area contributed by atoms with Gasteiger partial charge in [0, 0.05) is 42.7 Å². The number of fused-ring (bicyclic) bond motifs is 2. The lowest BCUT2D eigenvalue weighted by Crippen LogP contribution is -2.38. The van der Waals surface area contributed by atoms with Crippen LogP contribution >= 0.6 is 0 Å². The molecule has 1 amide bonds. The van der Waals surface area contributed by atoms with Crippen molar-refractivity contribution in [2.45, 2.75) is 25.6 Å². The van der Waals surface area contributed by atoms with E-state index in [-0.39, 0.29) is 11.5 Å². The normalized spacial score (nSPS) is 16.1. The molecule has 1 aliphatic rings. The Kier molecular flexibility index (Phi) is 5.11. The Hall–Kier alpha value is -3.82. The standard InChI is InChI=1S/C24H19F4N5O/c1-13-21-18(22(32(2)31-21)15-9-16(24(26,27)28)12-17(25)10-15)5-8-33(13)23(34)14-3-4-19-20(11-14)30-7-6-29-19/h3-4,6-7,9-13H,5,8H2,1-2H3. The van der Waals surface area contributed by atoms with Gasteiger partial charge in [-0.1, -0.05) is 0 Å². The molecule has 1 atom stereocenters. The molecule has 0 saturated heterocycles. The second-order valence-electron chi connectivity index (χ2n) is 8.25. The Balaban J connectivity index is 1.51. The van der Waals surface area contributed by atoms with Crippen molar-refractivity contribution in [1.82, 2.24) is 24.6 Å². The van der Waals surface area contributed by atoms with Crippen LogP contribution in [0.5, 0.6) is 0 Å². The molecule has 2 aromatic heterocycles. The molecule has 10 heteroatoms. The highest BCUT2D eigenvalue weighted by atomic mass is 19.4. The van der Waals surface area contributed by atoms with Crippen LogP contribution in [0.15, 0.2) is 48.8 Å². The van der Waals surface area contributed by atoms with Crippen LogP contribution in [-0.4, -0.2) is 37.1 Å². The number of rotatable bonds is 2. The van der Waals surface area contributed by atoms with Crippen molar-refractivity contribution in [3.63, 3.8) is 0 Å². The largest absolute Gasteiger partial charge is 0.416 e. The van der Waals surface area contributed by atoms with Gasteiger partial charge in [0.15, 0.2) is 0 Å². The quantitative estimate of drug-likeness (QED) is 0.390. The van der Waals surface area contributed by atoms with E-state index in [0.717, 1.165) is 12.1 Å². The molecule has 0 spiro atoms. The summed E-state index contributed by atoms with van der Waals surface area (Å²) in [6.07, 6.45) is -1.17. The number of nitrogens with zero attached hydrogens (tertiary/aromatic N) is 5. The maximum absolute atomic E-state index is 14.1. The molecule has 0 bridgehead atoms. The monoisotopic (exact) mass is 469 g/mol. The second kappa shape index (κ2) is 7.89.